The molecule has 74 valence electrons. The summed E-state index contributed by atoms with van der Waals surface area (Å²) in [5.41, 5.74) is 6.77. The number of aromatic hydroxyl groups is 1. The zero-order valence-electron chi connectivity index (χ0n) is 7.70. The number of phenols is 1. The van der Waals surface area contributed by atoms with Crippen molar-refractivity contribution in [3.8, 4) is 5.75 Å². The third-order valence-corrected chi connectivity index (χ3v) is 3.49. The fraction of sp³-hybridized carbons (Fsp3) is 0.455. The SMILES string of the molecule is NCc1c(F)ccc(O)c1C1C2CC21. The summed E-state index contributed by atoms with van der Waals surface area (Å²) in [7, 11) is 0. The van der Waals surface area contributed by atoms with Crippen LogP contribution in [0, 0.1) is 17.7 Å². The Bertz CT molecular complexity index is 397. The van der Waals surface area contributed by atoms with E-state index in [-0.39, 0.29) is 18.1 Å². The number of benzene rings is 1. The molecule has 1 aromatic rings. The van der Waals surface area contributed by atoms with Gasteiger partial charge in [0, 0.05) is 17.7 Å². The van der Waals surface area contributed by atoms with Gasteiger partial charge in [-0.2, -0.15) is 0 Å². The van der Waals surface area contributed by atoms with Gasteiger partial charge in [0.2, 0.25) is 0 Å². The summed E-state index contributed by atoms with van der Waals surface area (Å²) in [6, 6.07) is 2.72. The van der Waals surface area contributed by atoms with Gasteiger partial charge in [-0.05, 0) is 36.3 Å². The molecular formula is C11H12FNO. The van der Waals surface area contributed by atoms with Crippen LogP contribution in [0.2, 0.25) is 0 Å². The number of halogens is 1. The summed E-state index contributed by atoms with van der Waals surface area (Å²) in [6.07, 6.45) is 1.24. The first-order valence-corrected chi connectivity index (χ1v) is 4.94. The van der Waals surface area contributed by atoms with E-state index in [1.165, 1.54) is 18.6 Å². The molecule has 2 atom stereocenters. The van der Waals surface area contributed by atoms with Crippen LogP contribution < -0.4 is 5.73 Å². The van der Waals surface area contributed by atoms with E-state index in [2.05, 4.69) is 0 Å². The molecule has 2 unspecified atom stereocenters. The van der Waals surface area contributed by atoms with Gasteiger partial charge in [0.15, 0.2) is 0 Å². The van der Waals surface area contributed by atoms with Gasteiger partial charge in [0.1, 0.15) is 11.6 Å². The van der Waals surface area contributed by atoms with Crippen molar-refractivity contribution in [3.05, 3.63) is 29.1 Å². The molecule has 2 saturated carbocycles. The summed E-state index contributed by atoms with van der Waals surface area (Å²) in [5, 5.41) is 9.67. The molecule has 2 aliphatic carbocycles. The van der Waals surface area contributed by atoms with Gasteiger partial charge >= 0.3 is 0 Å². The zero-order chi connectivity index (χ0) is 9.87. The van der Waals surface area contributed by atoms with Gasteiger partial charge in [0.05, 0.1) is 0 Å². The van der Waals surface area contributed by atoms with Crippen molar-refractivity contribution in [1.29, 1.82) is 0 Å². The Morgan fingerprint density at radius 1 is 1.43 bits per heavy atom. The van der Waals surface area contributed by atoms with Crippen LogP contribution in [0.3, 0.4) is 0 Å². The van der Waals surface area contributed by atoms with E-state index in [1.54, 1.807) is 0 Å². The lowest BCUT2D eigenvalue weighted by Crippen LogP contribution is -2.06. The van der Waals surface area contributed by atoms with Crippen LogP contribution in [0.5, 0.6) is 5.75 Å². The Balaban J connectivity index is 2.09. The van der Waals surface area contributed by atoms with E-state index in [0.29, 0.717) is 23.3 Å². The Morgan fingerprint density at radius 2 is 2.14 bits per heavy atom. The van der Waals surface area contributed by atoms with E-state index >= 15 is 0 Å². The topological polar surface area (TPSA) is 46.2 Å². The first-order valence-electron chi connectivity index (χ1n) is 4.94. The maximum Gasteiger partial charge on any atom is 0.128 e. The van der Waals surface area contributed by atoms with Gasteiger partial charge < -0.3 is 10.8 Å². The summed E-state index contributed by atoms with van der Waals surface area (Å²) < 4.78 is 13.4. The molecule has 0 radical (unpaired) electrons. The summed E-state index contributed by atoms with van der Waals surface area (Å²) in [4.78, 5) is 0. The highest BCUT2D eigenvalue weighted by molar-refractivity contribution is 5.49. The van der Waals surface area contributed by atoms with Gasteiger partial charge in [-0.25, -0.2) is 4.39 Å². The predicted molar refractivity (Wildman–Crippen MR) is 50.3 cm³/mol. The highest BCUT2D eigenvalue weighted by atomic mass is 19.1. The van der Waals surface area contributed by atoms with Gasteiger partial charge in [0.25, 0.3) is 0 Å². The third kappa shape index (κ3) is 0.932. The number of rotatable bonds is 2. The molecule has 14 heavy (non-hydrogen) atoms. The molecule has 1 aromatic carbocycles. The second kappa shape index (κ2) is 2.48. The van der Waals surface area contributed by atoms with Crippen molar-refractivity contribution >= 4 is 0 Å². The Kier molecular flexibility index (Phi) is 1.46. The minimum atomic E-state index is -0.286. The van der Waals surface area contributed by atoms with Gasteiger partial charge in [-0.1, -0.05) is 0 Å². The molecular weight excluding hydrogens is 181 g/mol. The summed E-state index contributed by atoms with van der Waals surface area (Å²) in [6.45, 7) is 0.172. The fourth-order valence-corrected chi connectivity index (χ4v) is 2.41. The molecule has 2 aliphatic rings. The average Bonchev–Trinajstić information content (AvgIpc) is 3.00. The molecule has 0 saturated heterocycles. The molecule has 0 bridgehead atoms. The normalized spacial score (nSPS) is 32.6. The fourth-order valence-electron chi connectivity index (χ4n) is 2.41. The Morgan fingerprint density at radius 3 is 2.64 bits per heavy atom. The minimum Gasteiger partial charge on any atom is -0.508 e. The van der Waals surface area contributed by atoms with E-state index in [9.17, 15) is 9.50 Å². The summed E-state index contributed by atoms with van der Waals surface area (Å²) >= 11 is 0. The van der Waals surface area contributed by atoms with E-state index in [1.807, 2.05) is 0 Å². The van der Waals surface area contributed by atoms with Crippen molar-refractivity contribution in [2.24, 2.45) is 17.6 Å². The second-order valence-corrected chi connectivity index (χ2v) is 4.25. The van der Waals surface area contributed by atoms with Gasteiger partial charge in [-0.3, -0.25) is 0 Å². The molecule has 2 nitrogen and oxygen atoms in total. The first kappa shape index (κ1) is 8.24. The largest absolute Gasteiger partial charge is 0.508 e. The highest BCUT2D eigenvalue weighted by Gasteiger charge is 2.65. The molecule has 3 heteroatoms. The Hall–Kier alpha value is -1.09. The standard InChI is InChI=1S/C11H12FNO/c12-8-1-2-9(14)11(7(8)4-13)10-5-3-6(5)10/h1-2,5-6,10,14H,3-4,13H2. The number of hydrogen-bond acceptors (Lipinski definition) is 2. The van der Waals surface area contributed by atoms with Crippen molar-refractivity contribution in [1.82, 2.24) is 0 Å². The third-order valence-electron chi connectivity index (χ3n) is 3.49. The lowest BCUT2D eigenvalue weighted by Gasteiger charge is -2.13. The lowest BCUT2D eigenvalue weighted by atomic mass is 9.96. The summed E-state index contributed by atoms with van der Waals surface area (Å²) in [5.74, 6) is 1.72. The Labute approximate surface area is 81.5 Å². The number of hydrogen-bond donors (Lipinski definition) is 2. The zero-order valence-corrected chi connectivity index (χ0v) is 7.70. The predicted octanol–water partition coefficient (Wildman–Crippen LogP) is 1.72. The second-order valence-electron chi connectivity index (χ2n) is 4.25. The van der Waals surface area contributed by atoms with E-state index in [4.69, 9.17) is 5.73 Å². The molecule has 0 heterocycles. The van der Waals surface area contributed by atoms with Crippen LogP contribution in [0.1, 0.15) is 23.5 Å². The highest BCUT2D eigenvalue weighted by Crippen LogP contribution is 2.74. The average molecular weight is 193 g/mol. The molecule has 3 N–H and O–H groups in total. The number of phenolic OH excluding ortho intramolecular Hbond substituents is 1. The molecule has 0 spiro atoms. The monoisotopic (exact) mass is 193 g/mol. The van der Waals surface area contributed by atoms with Crippen molar-refractivity contribution in [3.63, 3.8) is 0 Å². The first-order chi connectivity index (χ1) is 6.74. The minimum absolute atomic E-state index is 0.172. The molecule has 3 rings (SSSR count). The molecule has 0 aliphatic heterocycles. The van der Waals surface area contributed by atoms with Crippen molar-refractivity contribution in [2.45, 2.75) is 18.9 Å². The van der Waals surface area contributed by atoms with E-state index < -0.39 is 0 Å². The number of fused-ring (bicyclic) bond motifs is 1. The smallest absolute Gasteiger partial charge is 0.128 e. The van der Waals surface area contributed by atoms with Crippen LogP contribution in [-0.2, 0) is 6.54 Å². The van der Waals surface area contributed by atoms with Crippen LogP contribution in [0.4, 0.5) is 4.39 Å². The molecule has 0 aromatic heterocycles. The van der Waals surface area contributed by atoms with Gasteiger partial charge in [-0.15, -0.1) is 0 Å². The molecule has 0 amide bonds. The lowest BCUT2D eigenvalue weighted by molar-refractivity contribution is 0.458. The maximum atomic E-state index is 13.4. The maximum absolute atomic E-state index is 13.4. The van der Waals surface area contributed by atoms with Crippen LogP contribution in [0.15, 0.2) is 12.1 Å². The quantitative estimate of drug-likeness (QED) is 0.751. The van der Waals surface area contributed by atoms with Crippen LogP contribution in [0.25, 0.3) is 0 Å². The molecule has 2 fully saturated rings. The van der Waals surface area contributed by atoms with E-state index in [0.717, 1.165) is 5.56 Å². The van der Waals surface area contributed by atoms with Crippen molar-refractivity contribution in [2.75, 3.05) is 0 Å². The van der Waals surface area contributed by atoms with Crippen molar-refractivity contribution < 1.29 is 9.50 Å². The number of nitrogens with two attached hydrogens (primary N) is 1. The van der Waals surface area contributed by atoms with Crippen LogP contribution >= 0.6 is 0 Å². The van der Waals surface area contributed by atoms with Crippen LogP contribution in [-0.4, -0.2) is 5.11 Å².